The summed E-state index contributed by atoms with van der Waals surface area (Å²) in [5.41, 5.74) is 0.809. The molecule has 0 radical (unpaired) electrons. The molecule has 0 unspecified atom stereocenters. The third-order valence-corrected chi connectivity index (χ3v) is 7.12. The summed E-state index contributed by atoms with van der Waals surface area (Å²) in [5.74, 6) is -0.537. The van der Waals surface area contributed by atoms with Crippen LogP contribution >= 0.6 is 11.6 Å². The van der Waals surface area contributed by atoms with E-state index in [9.17, 15) is 19.7 Å². The number of hydrogen-bond acceptors (Lipinski definition) is 7. The number of nitro groups is 1. The third kappa shape index (κ3) is 5.72. The van der Waals surface area contributed by atoms with Gasteiger partial charge >= 0.3 is 11.7 Å². The summed E-state index contributed by atoms with van der Waals surface area (Å²) in [5, 5.41) is 26.0. The van der Waals surface area contributed by atoms with E-state index < -0.39 is 10.9 Å². The van der Waals surface area contributed by atoms with Crippen molar-refractivity contribution in [3.05, 3.63) is 109 Å². The highest BCUT2D eigenvalue weighted by Crippen LogP contribution is 2.35. The molecule has 3 aromatic carbocycles. The average molecular weight is 561 g/mol. The quantitative estimate of drug-likeness (QED) is 0.155. The van der Waals surface area contributed by atoms with Crippen LogP contribution in [0.5, 0.6) is 5.75 Å². The summed E-state index contributed by atoms with van der Waals surface area (Å²) >= 11 is 6.22. The minimum absolute atomic E-state index is 0.0569. The molecule has 0 amide bonds. The Labute approximate surface area is 233 Å². The number of aromatic nitrogens is 2. The fraction of sp³-hybridized carbons (Fsp3) is 0.241. The van der Waals surface area contributed by atoms with E-state index in [1.807, 2.05) is 6.07 Å². The number of nitrogens with zero attached hydrogens (tertiary/aromatic N) is 4. The van der Waals surface area contributed by atoms with Crippen molar-refractivity contribution in [1.29, 1.82) is 0 Å². The Morgan fingerprint density at radius 2 is 1.88 bits per heavy atom. The van der Waals surface area contributed by atoms with Gasteiger partial charge in [0.2, 0.25) is 5.75 Å². The number of fused-ring (bicyclic) bond motifs is 1. The average Bonchev–Trinajstić information content (AvgIpc) is 2.96. The minimum atomic E-state index is -1.06. The molecule has 0 bridgehead atoms. The zero-order chi connectivity index (χ0) is 28.2. The lowest BCUT2D eigenvalue weighted by atomic mass is 9.88. The van der Waals surface area contributed by atoms with E-state index in [4.69, 9.17) is 26.4 Å². The standard InChI is InChI=1S/C29H25ClN4O6/c30-22-14-21(26(25(15-22)34(38)39)40-17-18-10-12-20(13-11-18)29(36)37)16-31-33-27(19-6-2-1-3-7-19)32-24-9-5-4-8-23(24)28(33)35/h4-5,8-16,19H,1-3,6-7,17H2,(H,36,37). The first kappa shape index (κ1) is 27.0. The number of carboxylic acids is 1. The highest BCUT2D eigenvalue weighted by atomic mass is 35.5. The predicted molar refractivity (Wildman–Crippen MR) is 151 cm³/mol. The highest BCUT2D eigenvalue weighted by Gasteiger charge is 2.24. The maximum Gasteiger partial charge on any atom is 0.335 e. The lowest BCUT2D eigenvalue weighted by Gasteiger charge is -2.22. The monoisotopic (exact) mass is 560 g/mol. The topological polar surface area (TPSA) is 137 Å². The second kappa shape index (κ2) is 11.7. The van der Waals surface area contributed by atoms with Gasteiger partial charge in [0, 0.05) is 22.6 Å². The van der Waals surface area contributed by atoms with Crippen molar-refractivity contribution in [2.24, 2.45) is 5.10 Å². The molecule has 10 nitrogen and oxygen atoms in total. The molecule has 0 aliphatic heterocycles. The second-order valence-corrected chi connectivity index (χ2v) is 10.0. The van der Waals surface area contributed by atoms with Gasteiger partial charge in [0.1, 0.15) is 12.4 Å². The fourth-order valence-electron chi connectivity index (χ4n) is 4.89. The maximum absolute atomic E-state index is 13.5. The Morgan fingerprint density at radius 1 is 1.15 bits per heavy atom. The molecule has 204 valence electrons. The number of para-hydroxylation sites is 1. The van der Waals surface area contributed by atoms with Crippen molar-refractivity contribution < 1.29 is 19.6 Å². The van der Waals surface area contributed by atoms with Gasteiger partial charge in [-0.3, -0.25) is 14.9 Å². The van der Waals surface area contributed by atoms with Crippen LogP contribution in [0.3, 0.4) is 0 Å². The first-order valence-corrected chi connectivity index (χ1v) is 13.2. The van der Waals surface area contributed by atoms with Crippen LogP contribution in [0.15, 0.2) is 70.6 Å². The number of halogens is 1. The van der Waals surface area contributed by atoms with Crippen molar-refractivity contribution in [3.63, 3.8) is 0 Å². The second-order valence-electron chi connectivity index (χ2n) is 9.57. The number of carbonyl (C=O) groups is 1. The lowest BCUT2D eigenvalue weighted by molar-refractivity contribution is -0.385. The van der Waals surface area contributed by atoms with Crippen LogP contribution in [-0.4, -0.2) is 31.9 Å². The third-order valence-electron chi connectivity index (χ3n) is 6.91. The van der Waals surface area contributed by atoms with Gasteiger partial charge in [0.15, 0.2) is 0 Å². The lowest BCUT2D eigenvalue weighted by Crippen LogP contribution is -2.25. The molecular weight excluding hydrogens is 536 g/mol. The number of carboxylic acid groups (broad SMARTS) is 1. The Bertz CT molecular complexity index is 1680. The molecule has 11 heteroatoms. The van der Waals surface area contributed by atoms with Gasteiger partial charge in [-0.2, -0.15) is 9.78 Å². The molecule has 5 rings (SSSR count). The number of benzene rings is 3. The minimum Gasteiger partial charge on any atom is -0.481 e. The number of nitro benzene ring substituents is 1. The summed E-state index contributed by atoms with van der Waals surface area (Å²) in [6, 6.07) is 15.7. The number of rotatable bonds is 8. The summed E-state index contributed by atoms with van der Waals surface area (Å²) < 4.78 is 7.14. The van der Waals surface area contributed by atoms with E-state index in [0.29, 0.717) is 22.3 Å². The van der Waals surface area contributed by atoms with Crippen LogP contribution in [0, 0.1) is 10.1 Å². The normalized spacial score (nSPS) is 14.0. The molecule has 1 aromatic heterocycles. The van der Waals surface area contributed by atoms with Crippen molar-refractivity contribution in [2.75, 3.05) is 0 Å². The molecule has 1 aliphatic rings. The molecule has 0 atom stereocenters. The smallest absolute Gasteiger partial charge is 0.335 e. The molecule has 1 N–H and O–H groups in total. The van der Waals surface area contributed by atoms with Gasteiger partial charge in [-0.25, -0.2) is 9.78 Å². The predicted octanol–water partition coefficient (Wildman–Crippen LogP) is 6.17. The Morgan fingerprint density at radius 3 is 2.58 bits per heavy atom. The SMILES string of the molecule is O=C(O)c1ccc(COc2c(C=Nn3c(C4CCCCC4)nc4ccccc4c3=O)cc(Cl)cc2[N+](=O)[O-])cc1. The first-order chi connectivity index (χ1) is 19.3. The Kier molecular flexibility index (Phi) is 7.88. The van der Waals surface area contributed by atoms with Crippen molar-refractivity contribution in [1.82, 2.24) is 9.66 Å². The fourth-order valence-corrected chi connectivity index (χ4v) is 5.11. The van der Waals surface area contributed by atoms with Crippen LogP contribution in [0.4, 0.5) is 5.69 Å². The molecule has 40 heavy (non-hydrogen) atoms. The van der Waals surface area contributed by atoms with Crippen LogP contribution in [0.1, 0.15) is 65.3 Å². The molecule has 1 saturated carbocycles. The van der Waals surface area contributed by atoms with E-state index in [1.54, 1.807) is 30.3 Å². The zero-order valence-corrected chi connectivity index (χ0v) is 22.1. The van der Waals surface area contributed by atoms with Gasteiger partial charge in [0.25, 0.3) is 5.56 Å². The zero-order valence-electron chi connectivity index (χ0n) is 21.3. The van der Waals surface area contributed by atoms with Crippen molar-refractivity contribution in [2.45, 2.75) is 44.6 Å². The summed E-state index contributed by atoms with van der Waals surface area (Å²) in [7, 11) is 0. The van der Waals surface area contributed by atoms with Crippen LogP contribution in [-0.2, 0) is 6.61 Å². The molecule has 1 heterocycles. The van der Waals surface area contributed by atoms with E-state index in [1.165, 1.54) is 35.2 Å². The van der Waals surface area contributed by atoms with Gasteiger partial charge in [-0.15, -0.1) is 0 Å². The molecule has 4 aromatic rings. The van der Waals surface area contributed by atoms with Gasteiger partial charge in [-0.05, 0) is 48.7 Å². The van der Waals surface area contributed by atoms with Crippen LogP contribution in [0.2, 0.25) is 5.02 Å². The van der Waals surface area contributed by atoms with E-state index >= 15 is 0 Å². The number of ether oxygens (including phenoxy) is 1. The van der Waals surface area contributed by atoms with Gasteiger partial charge in [-0.1, -0.05) is 55.1 Å². The number of aromatic carboxylic acids is 1. The summed E-state index contributed by atoms with van der Waals surface area (Å²) in [4.78, 5) is 40.7. The van der Waals surface area contributed by atoms with Crippen molar-refractivity contribution >= 4 is 40.4 Å². The van der Waals surface area contributed by atoms with Crippen LogP contribution in [0.25, 0.3) is 10.9 Å². The van der Waals surface area contributed by atoms with E-state index in [0.717, 1.165) is 32.1 Å². The van der Waals surface area contributed by atoms with E-state index in [2.05, 4.69) is 5.10 Å². The number of hydrogen-bond donors (Lipinski definition) is 1. The van der Waals surface area contributed by atoms with E-state index in [-0.39, 0.29) is 45.7 Å². The maximum atomic E-state index is 13.5. The van der Waals surface area contributed by atoms with Crippen molar-refractivity contribution in [3.8, 4) is 5.75 Å². The largest absolute Gasteiger partial charge is 0.481 e. The summed E-state index contributed by atoms with van der Waals surface area (Å²) in [6.45, 7) is -0.0754. The highest BCUT2D eigenvalue weighted by molar-refractivity contribution is 6.31. The Hall–Kier alpha value is -4.57. The molecule has 0 saturated heterocycles. The van der Waals surface area contributed by atoms with Crippen LogP contribution < -0.4 is 10.3 Å². The molecule has 0 spiro atoms. The molecular formula is C29H25ClN4O6. The first-order valence-electron chi connectivity index (χ1n) is 12.8. The molecule has 1 fully saturated rings. The van der Waals surface area contributed by atoms with Gasteiger partial charge in [0.05, 0.1) is 27.6 Å². The molecule has 1 aliphatic carbocycles. The Balaban J connectivity index is 1.56. The van der Waals surface area contributed by atoms with Gasteiger partial charge < -0.3 is 9.84 Å². The summed E-state index contributed by atoms with van der Waals surface area (Å²) in [6.07, 6.45) is 6.29.